The Balaban J connectivity index is 2.01. The van der Waals surface area contributed by atoms with E-state index in [1.54, 1.807) is 0 Å². The minimum absolute atomic E-state index is 0.338. The molecule has 2 aromatic rings. The minimum Gasteiger partial charge on any atom is -0.474 e. The lowest BCUT2D eigenvalue weighted by atomic mass is 10.1. The molecule has 0 saturated heterocycles. The van der Waals surface area contributed by atoms with Gasteiger partial charge in [0.2, 0.25) is 0 Å². The molecule has 0 bridgehead atoms. The van der Waals surface area contributed by atoms with E-state index < -0.39 is 11.9 Å². The van der Waals surface area contributed by atoms with Gasteiger partial charge in [0.15, 0.2) is 12.0 Å². The number of aliphatic carboxylic acids is 1. The van der Waals surface area contributed by atoms with Crippen molar-refractivity contribution in [3.05, 3.63) is 30.2 Å². The van der Waals surface area contributed by atoms with Crippen LogP contribution in [-0.2, 0) is 16.0 Å². The third-order valence-electron chi connectivity index (χ3n) is 2.66. The standard InChI is InChI=1S/C12H12N2O4/c1-14(11(15)12(16)17)5-4-8-2-3-9-10(6-8)18-7-13-9/h2-3,6-7H,4-5H2,1H3,(H,16,17). The fourth-order valence-corrected chi connectivity index (χ4v) is 1.62. The fraction of sp³-hybridized carbons (Fsp3) is 0.250. The van der Waals surface area contributed by atoms with E-state index >= 15 is 0 Å². The summed E-state index contributed by atoms with van der Waals surface area (Å²) in [6.07, 6.45) is 1.93. The van der Waals surface area contributed by atoms with Crippen molar-refractivity contribution >= 4 is 23.0 Å². The summed E-state index contributed by atoms with van der Waals surface area (Å²) >= 11 is 0. The molecule has 6 nitrogen and oxygen atoms in total. The van der Waals surface area contributed by atoms with Crippen molar-refractivity contribution in [2.45, 2.75) is 6.42 Å². The zero-order valence-corrected chi connectivity index (χ0v) is 9.79. The van der Waals surface area contributed by atoms with Crippen molar-refractivity contribution in [3.8, 4) is 0 Å². The molecule has 0 radical (unpaired) electrons. The highest BCUT2D eigenvalue weighted by molar-refractivity contribution is 6.31. The van der Waals surface area contributed by atoms with Gasteiger partial charge < -0.3 is 14.4 Å². The van der Waals surface area contributed by atoms with Crippen LogP contribution in [0.5, 0.6) is 0 Å². The first kappa shape index (κ1) is 12.1. The molecule has 0 aliphatic carbocycles. The first-order valence-corrected chi connectivity index (χ1v) is 5.38. The fourth-order valence-electron chi connectivity index (χ4n) is 1.62. The third-order valence-corrected chi connectivity index (χ3v) is 2.66. The minimum atomic E-state index is -1.44. The number of aromatic nitrogens is 1. The number of oxazole rings is 1. The van der Waals surface area contributed by atoms with Gasteiger partial charge in [0, 0.05) is 13.6 Å². The van der Waals surface area contributed by atoms with Crippen LogP contribution in [0, 0.1) is 0 Å². The van der Waals surface area contributed by atoms with E-state index in [-0.39, 0.29) is 0 Å². The Morgan fingerprint density at radius 1 is 1.44 bits per heavy atom. The van der Waals surface area contributed by atoms with E-state index in [1.165, 1.54) is 18.3 Å². The summed E-state index contributed by atoms with van der Waals surface area (Å²) in [5.74, 6) is -2.35. The summed E-state index contributed by atoms with van der Waals surface area (Å²) in [6.45, 7) is 0.338. The first-order chi connectivity index (χ1) is 8.58. The lowest BCUT2D eigenvalue weighted by Gasteiger charge is -2.14. The van der Waals surface area contributed by atoms with E-state index in [9.17, 15) is 9.59 Å². The number of hydrogen-bond acceptors (Lipinski definition) is 4. The maximum atomic E-state index is 11.1. The average Bonchev–Trinajstić information content (AvgIpc) is 2.82. The van der Waals surface area contributed by atoms with Crippen molar-refractivity contribution in [1.29, 1.82) is 0 Å². The number of rotatable bonds is 3. The van der Waals surface area contributed by atoms with Gasteiger partial charge in [-0.05, 0) is 24.1 Å². The number of benzene rings is 1. The molecular weight excluding hydrogens is 236 g/mol. The molecule has 18 heavy (non-hydrogen) atoms. The topological polar surface area (TPSA) is 83.6 Å². The predicted octanol–water partition coefficient (Wildman–Crippen LogP) is 0.913. The van der Waals surface area contributed by atoms with Crippen LogP contribution >= 0.6 is 0 Å². The zero-order valence-electron chi connectivity index (χ0n) is 9.79. The molecule has 0 unspecified atom stereocenters. The first-order valence-electron chi connectivity index (χ1n) is 5.38. The van der Waals surface area contributed by atoms with Crippen molar-refractivity contribution in [1.82, 2.24) is 9.88 Å². The Kier molecular flexibility index (Phi) is 3.27. The molecule has 94 valence electrons. The van der Waals surface area contributed by atoms with Crippen LogP contribution < -0.4 is 0 Å². The molecule has 1 heterocycles. The van der Waals surface area contributed by atoms with Crippen LogP contribution in [0.25, 0.3) is 11.1 Å². The summed E-state index contributed by atoms with van der Waals surface area (Å²) in [7, 11) is 1.46. The zero-order chi connectivity index (χ0) is 13.1. The van der Waals surface area contributed by atoms with E-state index in [4.69, 9.17) is 9.52 Å². The number of nitrogens with zero attached hydrogens (tertiary/aromatic N) is 2. The number of carbonyl (C=O) groups excluding carboxylic acids is 1. The highest BCUT2D eigenvalue weighted by atomic mass is 16.4. The molecule has 1 N–H and O–H groups in total. The van der Waals surface area contributed by atoms with Gasteiger partial charge >= 0.3 is 11.9 Å². The van der Waals surface area contributed by atoms with Crippen molar-refractivity contribution in [2.75, 3.05) is 13.6 Å². The van der Waals surface area contributed by atoms with E-state index in [0.29, 0.717) is 18.5 Å². The quantitative estimate of drug-likeness (QED) is 0.816. The Morgan fingerprint density at radius 3 is 2.94 bits per heavy atom. The van der Waals surface area contributed by atoms with E-state index in [0.717, 1.165) is 11.1 Å². The Labute approximate surface area is 103 Å². The van der Waals surface area contributed by atoms with Crippen LogP contribution in [0.15, 0.2) is 29.0 Å². The molecule has 0 aliphatic heterocycles. The number of fused-ring (bicyclic) bond motifs is 1. The van der Waals surface area contributed by atoms with Gasteiger partial charge in [-0.3, -0.25) is 4.79 Å². The highest BCUT2D eigenvalue weighted by Gasteiger charge is 2.16. The second kappa shape index (κ2) is 4.87. The molecule has 1 amide bonds. The van der Waals surface area contributed by atoms with Crippen molar-refractivity contribution in [3.63, 3.8) is 0 Å². The Hall–Kier alpha value is -2.37. The number of hydrogen-bond donors (Lipinski definition) is 1. The van der Waals surface area contributed by atoms with Crippen LogP contribution in [0.4, 0.5) is 0 Å². The summed E-state index contributed by atoms with van der Waals surface area (Å²) < 4.78 is 5.17. The van der Waals surface area contributed by atoms with Crippen molar-refractivity contribution < 1.29 is 19.1 Å². The maximum absolute atomic E-state index is 11.1. The molecule has 0 aliphatic rings. The number of amides is 1. The SMILES string of the molecule is CN(CCc1ccc2ncoc2c1)C(=O)C(=O)O. The summed E-state index contributed by atoms with van der Waals surface area (Å²) in [4.78, 5) is 26.8. The van der Waals surface area contributed by atoms with Crippen LogP contribution in [0.1, 0.15) is 5.56 Å². The molecule has 2 rings (SSSR count). The number of carboxylic acid groups (broad SMARTS) is 1. The molecule has 0 fully saturated rings. The second-order valence-corrected chi connectivity index (χ2v) is 3.94. The molecule has 0 saturated carbocycles. The lowest BCUT2D eigenvalue weighted by molar-refractivity contribution is -0.155. The Morgan fingerprint density at radius 2 is 2.22 bits per heavy atom. The van der Waals surface area contributed by atoms with Gasteiger partial charge in [-0.25, -0.2) is 9.78 Å². The van der Waals surface area contributed by atoms with Gasteiger partial charge in [0.1, 0.15) is 5.52 Å². The molecule has 1 aromatic heterocycles. The monoisotopic (exact) mass is 248 g/mol. The molecule has 0 spiro atoms. The van der Waals surface area contributed by atoms with Gasteiger partial charge in [0.25, 0.3) is 0 Å². The van der Waals surface area contributed by atoms with Crippen molar-refractivity contribution in [2.24, 2.45) is 0 Å². The van der Waals surface area contributed by atoms with E-state index in [2.05, 4.69) is 4.98 Å². The van der Waals surface area contributed by atoms with E-state index in [1.807, 2.05) is 18.2 Å². The summed E-state index contributed by atoms with van der Waals surface area (Å²) in [5.41, 5.74) is 2.41. The maximum Gasteiger partial charge on any atom is 0.394 e. The number of carboxylic acids is 1. The number of carbonyl (C=O) groups is 2. The van der Waals surface area contributed by atoms with Crippen LogP contribution in [-0.4, -0.2) is 40.5 Å². The van der Waals surface area contributed by atoms with Crippen LogP contribution in [0.2, 0.25) is 0 Å². The largest absolute Gasteiger partial charge is 0.474 e. The Bertz CT molecular complexity index is 591. The third kappa shape index (κ3) is 2.48. The van der Waals surface area contributed by atoms with Gasteiger partial charge in [0.05, 0.1) is 0 Å². The molecular formula is C12H12N2O4. The highest BCUT2D eigenvalue weighted by Crippen LogP contribution is 2.14. The predicted molar refractivity (Wildman–Crippen MR) is 63.0 cm³/mol. The molecule has 0 atom stereocenters. The normalized spacial score (nSPS) is 10.5. The molecule has 6 heteroatoms. The van der Waals surface area contributed by atoms with Gasteiger partial charge in [-0.1, -0.05) is 6.07 Å². The molecule has 1 aromatic carbocycles. The second-order valence-electron chi connectivity index (χ2n) is 3.94. The summed E-state index contributed by atoms with van der Waals surface area (Å²) in [6, 6.07) is 5.54. The van der Waals surface area contributed by atoms with Gasteiger partial charge in [-0.2, -0.15) is 0 Å². The summed E-state index contributed by atoms with van der Waals surface area (Å²) in [5, 5.41) is 8.55. The smallest absolute Gasteiger partial charge is 0.394 e. The van der Waals surface area contributed by atoms with Crippen LogP contribution in [0.3, 0.4) is 0 Å². The lowest BCUT2D eigenvalue weighted by Crippen LogP contribution is -2.34. The average molecular weight is 248 g/mol. The van der Waals surface area contributed by atoms with Gasteiger partial charge in [-0.15, -0.1) is 0 Å². The number of likely N-dealkylation sites (N-methyl/N-ethyl adjacent to an activating group) is 1.